The number of aromatic carboxylic acids is 1. The van der Waals surface area contributed by atoms with Crippen molar-refractivity contribution in [3.63, 3.8) is 0 Å². The van der Waals surface area contributed by atoms with Crippen LogP contribution in [0.2, 0.25) is 0 Å². The van der Waals surface area contributed by atoms with Crippen LogP contribution in [0.15, 0.2) is 24.3 Å². The van der Waals surface area contributed by atoms with Gasteiger partial charge in [0.2, 0.25) is 0 Å². The van der Waals surface area contributed by atoms with Gasteiger partial charge in [-0.2, -0.15) is 0 Å². The molecule has 2 rings (SSSR count). The Balaban J connectivity index is 2.82. The van der Waals surface area contributed by atoms with Crippen LogP contribution in [0.25, 0.3) is 0 Å². The van der Waals surface area contributed by atoms with E-state index in [1.165, 1.54) is 19.2 Å². The van der Waals surface area contributed by atoms with Gasteiger partial charge >= 0.3 is 5.97 Å². The molecule has 1 N–H and O–H groups in total. The van der Waals surface area contributed by atoms with Gasteiger partial charge in [0, 0.05) is 0 Å². The van der Waals surface area contributed by atoms with Gasteiger partial charge in [0.15, 0.2) is 11.6 Å². The molecule has 0 atom stereocenters. The first-order valence-corrected chi connectivity index (χ1v) is 4.77. The minimum atomic E-state index is -1.25. The van der Waals surface area contributed by atoms with Gasteiger partial charge in [-0.15, -0.1) is 0 Å². The Morgan fingerprint density at radius 1 is 1.12 bits per heavy atom. The molecule has 5 heteroatoms. The molecular weight excluding hydrogens is 224 g/mol. The Morgan fingerprint density at radius 2 is 1.71 bits per heavy atom. The molecule has 5 nitrogen and oxygen atoms in total. The van der Waals surface area contributed by atoms with E-state index in [1.807, 2.05) is 0 Å². The number of benzene rings is 1. The maximum absolute atomic E-state index is 11.7. The first-order valence-electron chi connectivity index (χ1n) is 4.77. The quantitative estimate of drug-likeness (QED) is 0.831. The first kappa shape index (κ1) is 11.1. The Morgan fingerprint density at radius 3 is 2.24 bits per heavy atom. The smallest absolute Gasteiger partial charge is 0.336 e. The van der Waals surface area contributed by atoms with E-state index in [0.29, 0.717) is 0 Å². The van der Waals surface area contributed by atoms with Crippen molar-refractivity contribution < 1.29 is 24.2 Å². The highest BCUT2D eigenvalue weighted by molar-refractivity contribution is 6.25. The standard InChI is InChI=1S/C12H8O5/c1-17-9-5-2-6(12(15)16)10-7(13)3-4-8(14)11(9)10/h2-5H,1H3,(H,15,16). The topological polar surface area (TPSA) is 80.7 Å². The molecule has 0 saturated heterocycles. The van der Waals surface area contributed by atoms with Gasteiger partial charge in [0.05, 0.1) is 23.8 Å². The Kier molecular flexibility index (Phi) is 2.51. The number of hydrogen-bond acceptors (Lipinski definition) is 4. The van der Waals surface area contributed by atoms with Crippen LogP contribution >= 0.6 is 0 Å². The average molecular weight is 232 g/mol. The highest BCUT2D eigenvalue weighted by Gasteiger charge is 2.28. The van der Waals surface area contributed by atoms with Crippen LogP contribution in [0.5, 0.6) is 5.75 Å². The van der Waals surface area contributed by atoms with Gasteiger partial charge < -0.3 is 9.84 Å². The number of carbonyl (C=O) groups excluding carboxylic acids is 2. The number of hydrogen-bond donors (Lipinski definition) is 1. The minimum absolute atomic E-state index is 0.0138. The van der Waals surface area contributed by atoms with Gasteiger partial charge in [-0.05, 0) is 24.3 Å². The molecule has 1 aliphatic rings. The number of allylic oxidation sites excluding steroid dienone is 2. The van der Waals surface area contributed by atoms with Crippen LogP contribution in [-0.4, -0.2) is 29.8 Å². The highest BCUT2D eigenvalue weighted by atomic mass is 16.5. The fraction of sp³-hybridized carbons (Fsp3) is 0.0833. The van der Waals surface area contributed by atoms with Crippen molar-refractivity contribution in [2.75, 3.05) is 7.11 Å². The van der Waals surface area contributed by atoms with Crippen LogP contribution in [0.1, 0.15) is 31.1 Å². The van der Waals surface area contributed by atoms with E-state index in [2.05, 4.69) is 0 Å². The molecule has 1 aromatic rings. The van der Waals surface area contributed by atoms with Crippen molar-refractivity contribution >= 4 is 17.5 Å². The molecular formula is C12H8O5. The molecule has 0 heterocycles. The Bertz CT molecular complexity index is 569. The summed E-state index contributed by atoms with van der Waals surface area (Å²) in [6.07, 6.45) is 2.18. The summed E-state index contributed by atoms with van der Waals surface area (Å²) in [5.74, 6) is -1.98. The molecule has 17 heavy (non-hydrogen) atoms. The van der Waals surface area contributed by atoms with E-state index in [0.717, 1.165) is 12.2 Å². The molecule has 1 aromatic carbocycles. The summed E-state index contributed by atoms with van der Waals surface area (Å²) in [4.78, 5) is 34.3. The molecule has 0 unspecified atom stereocenters. The fourth-order valence-electron chi connectivity index (χ4n) is 1.75. The lowest BCUT2D eigenvalue weighted by Crippen LogP contribution is -2.18. The van der Waals surface area contributed by atoms with E-state index in [4.69, 9.17) is 9.84 Å². The first-order chi connectivity index (χ1) is 8.06. The van der Waals surface area contributed by atoms with E-state index < -0.39 is 17.5 Å². The monoisotopic (exact) mass is 232 g/mol. The molecule has 0 spiro atoms. The zero-order valence-electron chi connectivity index (χ0n) is 8.89. The fourth-order valence-corrected chi connectivity index (χ4v) is 1.75. The highest BCUT2D eigenvalue weighted by Crippen LogP contribution is 2.29. The molecule has 0 saturated carbocycles. The Labute approximate surface area is 96.3 Å². The molecule has 1 aliphatic carbocycles. The van der Waals surface area contributed by atoms with Gasteiger partial charge in [0.25, 0.3) is 0 Å². The van der Waals surface area contributed by atoms with Gasteiger partial charge in [0.1, 0.15) is 5.75 Å². The van der Waals surface area contributed by atoms with Crippen LogP contribution in [-0.2, 0) is 0 Å². The molecule has 0 amide bonds. The molecule has 0 fully saturated rings. The van der Waals surface area contributed by atoms with Crippen molar-refractivity contribution in [1.82, 2.24) is 0 Å². The normalized spacial score (nSPS) is 13.5. The van der Waals surface area contributed by atoms with E-state index in [1.54, 1.807) is 0 Å². The Hall–Kier alpha value is -2.43. The van der Waals surface area contributed by atoms with Gasteiger partial charge in [-0.3, -0.25) is 9.59 Å². The number of rotatable bonds is 2. The summed E-state index contributed by atoms with van der Waals surface area (Å²) in [6, 6.07) is 2.62. The molecule has 86 valence electrons. The molecule has 0 aromatic heterocycles. The van der Waals surface area contributed by atoms with Crippen molar-refractivity contribution in [2.24, 2.45) is 0 Å². The van der Waals surface area contributed by atoms with Gasteiger partial charge in [-0.1, -0.05) is 0 Å². The number of carboxylic acid groups (broad SMARTS) is 1. The summed E-state index contributed by atoms with van der Waals surface area (Å²) >= 11 is 0. The number of fused-ring (bicyclic) bond motifs is 1. The van der Waals surface area contributed by atoms with E-state index in [-0.39, 0.29) is 22.4 Å². The van der Waals surface area contributed by atoms with Crippen molar-refractivity contribution in [3.05, 3.63) is 41.0 Å². The third kappa shape index (κ3) is 1.61. The lowest BCUT2D eigenvalue weighted by Gasteiger charge is -2.15. The second-order valence-electron chi connectivity index (χ2n) is 3.43. The number of ketones is 2. The summed E-state index contributed by atoms with van der Waals surface area (Å²) in [7, 11) is 1.35. The molecule has 0 bridgehead atoms. The third-order valence-electron chi connectivity index (χ3n) is 2.50. The second kappa shape index (κ2) is 3.86. The van der Waals surface area contributed by atoms with Crippen LogP contribution in [0, 0.1) is 0 Å². The van der Waals surface area contributed by atoms with Crippen molar-refractivity contribution in [3.8, 4) is 5.75 Å². The largest absolute Gasteiger partial charge is 0.496 e. The van der Waals surface area contributed by atoms with E-state index >= 15 is 0 Å². The van der Waals surface area contributed by atoms with Gasteiger partial charge in [-0.25, -0.2) is 4.79 Å². The van der Waals surface area contributed by atoms with Crippen LogP contribution in [0.3, 0.4) is 0 Å². The van der Waals surface area contributed by atoms with Crippen LogP contribution < -0.4 is 4.74 Å². The number of carboxylic acids is 1. The lowest BCUT2D eigenvalue weighted by atomic mass is 9.90. The lowest BCUT2D eigenvalue weighted by molar-refractivity contribution is 0.0692. The SMILES string of the molecule is COc1ccc(C(=O)O)c2c1C(=O)C=CC2=O. The average Bonchev–Trinajstić information content (AvgIpc) is 2.32. The van der Waals surface area contributed by atoms with Crippen molar-refractivity contribution in [1.29, 1.82) is 0 Å². The van der Waals surface area contributed by atoms with E-state index in [9.17, 15) is 14.4 Å². The maximum atomic E-state index is 11.7. The zero-order valence-corrected chi connectivity index (χ0v) is 8.89. The van der Waals surface area contributed by atoms with Crippen molar-refractivity contribution in [2.45, 2.75) is 0 Å². The minimum Gasteiger partial charge on any atom is -0.496 e. The second-order valence-corrected chi connectivity index (χ2v) is 3.43. The predicted molar refractivity (Wildman–Crippen MR) is 57.8 cm³/mol. The van der Waals surface area contributed by atoms with Crippen LogP contribution in [0.4, 0.5) is 0 Å². The summed E-state index contributed by atoms with van der Waals surface area (Å²) < 4.78 is 4.97. The summed E-state index contributed by atoms with van der Waals surface area (Å²) in [5.41, 5.74) is -0.284. The number of carbonyl (C=O) groups is 3. The maximum Gasteiger partial charge on any atom is 0.336 e. The summed E-state index contributed by atoms with van der Waals surface area (Å²) in [5, 5.41) is 8.98. The molecule has 0 radical (unpaired) electrons. The number of methoxy groups -OCH3 is 1. The molecule has 0 aliphatic heterocycles. The summed E-state index contributed by atoms with van der Waals surface area (Å²) in [6.45, 7) is 0. The predicted octanol–water partition coefficient (Wildman–Crippen LogP) is 1.33. The zero-order chi connectivity index (χ0) is 12.6. The number of ether oxygens (including phenoxy) is 1. The third-order valence-corrected chi connectivity index (χ3v) is 2.50.